The molecule has 4 N–H and O–H groups in total. The van der Waals surface area contributed by atoms with Gasteiger partial charge < -0.3 is 10.8 Å². The number of hydrogen-bond donors (Lipinski definition) is 3. The molecule has 0 bridgehead atoms. The molecule has 0 heterocycles. The van der Waals surface area contributed by atoms with E-state index in [1.165, 1.54) is 12.1 Å². The highest BCUT2D eigenvalue weighted by Crippen LogP contribution is 2.10. The maximum absolute atomic E-state index is 11.9. The Morgan fingerprint density at radius 2 is 1.94 bits per heavy atom. The van der Waals surface area contributed by atoms with E-state index in [0.717, 1.165) is 5.56 Å². The van der Waals surface area contributed by atoms with Crippen LogP contribution in [0.15, 0.2) is 29.2 Å². The van der Waals surface area contributed by atoms with Crippen molar-refractivity contribution in [3.8, 4) is 0 Å². The Balaban J connectivity index is 2.86. The zero-order valence-corrected chi connectivity index (χ0v) is 10.8. The molecule has 1 aromatic carbocycles. The summed E-state index contributed by atoms with van der Waals surface area (Å²) in [7, 11) is -3.73. The van der Waals surface area contributed by atoms with Crippen molar-refractivity contribution < 1.29 is 18.3 Å². The van der Waals surface area contributed by atoms with Crippen LogP contribution in [0.3, 0.4) is 0 Å². The molecule has 1 atom stereocenters. The number of carboxylic acid groups (broad SMARTS) is 1. The summed E-state index contributed by atoms with van der Waals surface area (Å²) in [5.74, 6) is -1.10. The van der Waals surface area contributed by atoms with E-state index in [4.69, 9.17) is 10.8 Å². The van der Waals surface area contributed by atoms with Gasteiger partial charge in [0.1, 0.15) is 0 Å². The topological polar surface area (TPSA) is 109 Å². The van der Waals surface area contributed by atoms with Crippen LogP contribution >= 0.6 is 0 Å². The normalized spacial score (nSPS) is 13.2. The number of hydrogen-bond acceptors (Lipinski definition) is 4. The van der Waals surface area contributed by atoms with Gasteiger partial charge in [-0.15, -0.1) is 0 Å². The molecule has 0 aliphatic rings. The Hall–Kier alpha value is -1.44. The predicted molar refractivity (Wildman–Crippen MR) is 66.6 cm³/mol. The van der Waals surface area contributed by atoms with E-state index in [1.54, 1.807) is 12.1 Å². The van der Waals surface area contributed by atoms with Gasteiger partial charge in [0.15, 0.2) is 0 Å². The van der Waals surface area contributed by atoms with Crippen molar-refractivity contribution in [2.45, 2.75) is 24.3 Å². The van der Waals surface area contributed by atoms with Crippen molar-refractivity contribution in [1.82, 2.24) is 4.72 Å². The smallest absolute Gasteiger partial charge is 0.305 e. The van der Waals surface area contributed by atoms with Crippen LogP contribution in [0.1, 0.15) is 12.0 Å². The standard InChI is InChI=1S/C11H16N2O4S/c1-8-2-4-10(5-3-8)18(16,17)13-9(7-12)6-11(14)15/h2-5,9,13H,6-7,12H2,1H3,(H,14,15). The average Bonchev–Trinajstić information content (AvgIpc) is 2.27. The summed E-state index contributed by atoms with van der Waals surface area (Å²) in [6, 6.07) is 5.46. The van der Waals surface area contributed by atoms with Crippen LogP contribution in [-0.2, 0) is 14.8 Å². The second kappa shape index (κ2) is 5.94. The molecule has 1 aromatic rings. The lowest BCUT2D eigenvalue weighted by Gasteiger charge is -2.15. The molecule has 0 radical (unpaired) electrons. The van der Waals surface area contributed by atoms with Crippen LogP contribution in [0.4, 0.5) is 0 Å². The number of sulfonamides is 1. The van der Waals surface area contributed by atoms with Crippen molar-refractivity contribution in [3.63, 3.8) is 0 Å². The number of nitrogens with one attached hydrogen (secondary N) is 1. The van der Waals surface area contributed by atoms with Crippen LogP contribution in [0.25, 0.3) is 0 Å². The van der Waals surface area contributed by atoms with Crippen molar-refractivity contribution >= 4 is 16.0 Å². The lowest BCUT2D eigenvalue weighted by molar-refractivity contribution is -0.137. The van der Waals surface area contributed by atoms with Gasteiger partial charge in [-0.3, -0.25) is 4.79 Å². The van der Waals surface area contributed by atoms with Gasteiger partial charge in [-0.2, -0.15) is 0 Å². The van der Waals surface area contributed by atoms with Gasteiger partial charge >= 0.3 is 5.97 Å². The Bertz CT molecular complexity index is 510. The van der Waals surface area contributed by atoms with Crippen LogP contribution < -0.4 is 10.5 Å². The van der Waals surface area contributed by atoms with E-state index in [-0.39, 0.29) is 17.9 Å². The minimum Gasteiger partial charge on any atom is -0.481 e. The van der Waals surface area contributed by atoms with Gasteiger partial charge in [-0.1, -0.05) is 17.7 Å². The Labute approximate surface area is 106 Å². The molecule has 0 aliphatic heterocycles. The molecule has 0 spiro atoms. The third kappa shape index (κ3) is 4.10. The van der Waals surface area contributed by atoms with Crippen LogP contribution in [0.5, 0.6) is 0 Å². The number of carbonyl (C=O) groups is 1. The highest BCUT2D eigenvalue weighted by molar-refractivity contribution is 7.89. The Kier molecular flexibility index (Phi) is 4.83. The average molecular weight is 272 g/mol. The maximum Gasteiger partial charge on any atom is 0.305 e. The minimum atomic E-state index is -3.73. The summed E-state index contributed by atoms with van der Waals surface area (Å²) in [5, 5.41) is 8.63. The lowest BCUT2D eigenvalue weighted by atomic mass is 10.2. The second-order valence-electron chi connectivity index (χ2n) is 3.96. The summed E-state index contributed by atoms with van der Waals surface area (Å²) in [5.41, 5.74) is 6.28. The number of rotatable bonds is 6. The molecular formula is C11H16N2O4S. The van der Waals surface area contributed by atoms with Gasteiger partial charge in [-0.05, 0) is 19.1 Å². The first kappa shape index (κ1) is 14.6. The van der Waals surface area contributed by atoms with E-state index in [1.807, 2.05) is 6.92 Å². The molecule has 0 aliphatic carbocycles. The van der Waals surface area contributed by atoms with Crippen LogP contribution in [-0.4, -0.2) is 32.1 Å². The summed E-state index contributed by atoms with van der Waals surface area (Å²) in [4.78, 5) is 10.6. The minimum absolute atomic E-state index is 0.0720. The number of nitrogens with two attached hydrogens (primary N) is 1. The van der Waals surface area contributed by atoms with Crippen molar-refractivity contribution in [3.05, 3.63) is 29.8 Å². The molecule has 100 valence electrons. The second-order valence-corrected chi connectivity index (χ2v) is 5.68. The van der Waals surface area contributed by atoms with Crippen molar-refractivity contribution in [2.24, 2.45) is 5.73 Å². The van der Waals surface area contributed by atoms with E-state index in [0.29, 0.717) is 0 Å². The zero-order valence-electron chi connectivity index (χ0n) is 9.96. The van der Waals surface area contributed by atoms with Crippen LogP contribution in [0, 0.1) is 6.92 Å². The number of aryl methyl sites for hydroxylation is 1. The highest BCUT2D eigenvalue weighted by Gasteiger charge is 2.20. The quantitative estimate of drug-likeness (QED) is 0.679. The fraction of sp³-hybridized carbons (Fsp3) is 0.364. The van der Waals surface area contributed by atoms with Gasteiger partial charge in [-0.25, -0.2) is 13.1 Å². The SMILES string of the molecule is Cc1ccc(S(=O)(=O)NC(CN)CC(=O)O)cc1. The first-order valence-corrected chi connectivity index (χ1v) is 6.84. The lowest BCUT2D eigenvalue weighted by Crippen LogP contribution is -2.41. The van der Waals surface area contributed by atoms with E-state index >= 15 is 0 Å². The molecule has 1 unspecified atom stereocenters. The molecule has 7 heteroatoms. The summed E-state index contributed by atoms with van der Waals surface area (Å²) in [6.45, 7) is 1.77. The molecule has 18 heavy (non-hydrogen) atoms. The van der Waals surface area contributed by atoms with Gasteiger partial charge in [0.2, 0.25) is 10.0 Å². The number of carboxylic acids is 1. The largest absolute Gasteiger partial charge is 0.481 e. The first-order valence-electron chi connectivity index (χ1n) is 5.36. The molecule has 0 saturated carbocycles. The Morgan fingerprint density at radius 3 is 2.39 bits per heavy atom. The fourth-order valence-electron chi connectivity index (χ4n) is 1.39. The molecule has 1 rings (SSSR count). The van der Waals surface area contributed by atoms with Crippen molar-refractivity contribution in [2.75, 3.05) is 6.54 Å². The van der Waals surface area contributed by atoms with E-state index in [2.05, 4.69) is 4.72 Å². The van der Waals surface area contributed by atoms with E-state index in [9.17, 15) is 13.2 Å². The third-order valence-electron chi connectivity index (χ3n) is 2.36. The number of benzene rings is 1. The van der Waals surface area contributed by atoms with Crippen molar-refractivity contribution in [1.29, 1.82) is 0 Å². The monoisotopic (exact) mass is 272 g/mol. The molecule has 0 amide bonds. The third-order valence-corrected chi connectivity index (χ3v) is 3.90. The molecule has 0 saturated heterocycles. The van der Waals surface area contributed by atoms with E-state index < -0.39 is 22.0 Å². The summed E-state index contributed by atoms with van der Waals surface area (Å²) in [6.07, 6.45) is -0.346. The summed E-state index contributed by atoms with van der Waals surface area (Å²) >= 11 is 0. The molecule has 0 fully saturated rings. The Morgan fingerprint density at radius 1 is 1.39 bits per heavy atom. The first-order chi connectivity index (χ1) is 8.35. The molecular weight excluding hydrogens is 256 g/mol. The zero-order chi connectivity index (χ0) is 13.8. The van der Waals surface area contributed by atoms with Crippen LogP contribution in [0.2, 0.25) is 0 Å². The fourth-order valence-corrected chi connectivity index (χ4v) is 2.64. The van der Waals surface area contributed by atoms with Gasteiger partial charge in [0.25, 0.3) is 0 Å². The molecule has 6 nitrogen and oxygen atoms in total. The summed E-state index contributed by atoms with van der Waals surface area (Å²) < 4.78 is 26.1. The number of aliphatic carboxylic acids is 1. The van der Waals surface area contributed by atoms with Gasteiger partial charge in [0, 0.05) is 12.6 Å². The predicted octanol–water partition coefficient (Wildman–Crippen LogP) is 0.0753. The molecule has 0 aromatic heterocycles. The highest BCUT2D eigenvalue weighted by atomic mass is 32.2. The van der Waals surface area contributed by atoms with Gasteiger partial charge in [0.05, 0.1) is 11.3 Å². The maximum atomic E-state index is 11.9.